The summed E-state index contributed by atoms with van der Waals surface area (Å²) in [6, 6.07) is 0. The standard InChI is InChI=1S/C8H13BrO4/c1-2-3-4-6(9)13-8(12)5-7(10)11/h6H,2-5H2,1H3,(H,10,11). The van der Waals surface area contributed by atoms with Gasteiger partial charge < -0.3 is 9.84 Å². The monoisotopic (exact) mass is 252 g/mol. The predicted octanol–water partition coefficient (Wildman–Crippen LogP) is 1.92. The lowest BCUT2D eigenvalue weighted by molar-refractivity contribution is -0.152. The highest BCUT2D eigenvalue weighted by Crippen LogP contribution is 2.11. The minimum Gasteiger partial charge on any atom is -0.481 e. The number of hydrogen-bond acceptors (Lipinski definition) is 3. The van der Waals surface area contributed by atoms with Crippen LogP contribution in [0, 0.1) is 0 Å². The van der Waals surface area contributed by atoms with E-state index in [1.807, 2.05) is 6.92 Å². The normalized spacial score (nSPS) is 12.2. The highest BCUT2D eigenvalue weighted by atomic mass is 79.9. The quantitative estimate of drug-likeness (QED) is 0.446. The van der Waals surface area contributed by atoms with E-state index in [9.17, 15) is 9.59 Å². The van der Waals surface area contributed by atoms with Crippen molar-refractivity contribution in [1.29, 1.82) is 0 Å². The van der Waals surface area contributed by atoms with E-state index >= 15 is 0 Å². The van der Waals surface area contributed by atoms with Crippen LogP contribution in [0.15, 0.2) is 0 Å². The molecule has 0 rings (SSSR count). The van der Waals surface area contributed by atoms with Crippen molar-refractivity contribution in [1.82, 2.24) is 0 Å². The van der Waals surface area contributed by atoms with Crippen LogP contribution in [0.25, 0.3) is 0 Å². The summed E-state index contributed by atoms with van der Waals surface area (Å²) in [5.41, 5.74) is 0. The third-order valence-electron chi connectivity index (χ3n) is 1.34. The lowest BCUT2D eigenvalue weighted by Crippen LogP contribution is -2.15. The van der Waals surface area contributed by atoms with Crippen LogP contribution < -0.4 is 0 Å². The van der Waals surface area contributed by atoms with Gasteiger partial charge in [0.1, 0.15) is 6.42 Å². The number of carbonyl (C=O) groups is 2. The van der Waals surface area contributed by atoms with E-state index in [1.165, 1.54) is 0 Å². The molecule has 0 aromatic rings. The zero-order chi connectivity index (χ0) is 10.3. The Labute approximate surface area is 85.4 Å². The zero-order valence-electron chi connectivity index (χ0n) is 7.46. The number of halogens is 1. The van der Waals surface area contributed by atoms with E-state index in [0.717, 1.165) is 12.8 Å². The van der Waals surface area contributed by atoms with Gasteiger partial charge in [-0.25, -0.2) is 0 Å². The van der Waals surface area contributed by atoms with E-state index in [2.05, 4.69) is 15.9 Å². The Bertz CT molecular complexity index is 181. The van der Waals surface area contributed by atoms with Crippen molar-refractivity contribution < 1.29 is 19.4 Å². The van der Waals surface area contributed by atoms with Gasteiger partial charge in [-0.15, -0.1) is 0 Å². The number of carbonyl (C=O) groups excluding carboxylic acids is 1. The molecule has 1 unspecified atom stereocenters. The fourth-order valence-corrected chi connectivity index (χ4v) is 1.26. The summed E-state index contributed by atoms with van der Waals surface area (Å²) in [6.07, 6.45) is 2.09. The van der Waals surface area contributed by atoms with Crippen LogP contribution in [0.5, 0.6) is 0 Å². The summed E-state index contributed by atoms with van der Waals surface area (Å²) in [6.45, 7) is 2.03. The molecule has 0 radical (unpaired) electrons. The number of carboxylic acid groups (broad SMARTS) is 1. The van der Waals surface area contributed by atoms with Crippen molar-refractivity contribution in [2.45, 2.75) is 37.6 Å². The molecule has 0 aromatic heterocycles. The summed E-state index contributed by atoms with van der Waals surface area (Å²) < 4.78 is 4.76. The van der Waals surface area contributed by atoms with Gasteiger partial charge in [-0.1, -0.05) is 13.3 Å². The molecule has 0 aliphatic heterocycles. The lowest BCUT2D eigenvalue weighted by Gasteiger charge is -2.09. The Morgan fingerprint density at radius 1 is 1.54 bits per heavy atom. The molecule has 0 aliphatic rings. The number of esters is 1. The first-order valence-corrected chi connectivity index (χ1v) is 5.03. The molecule has 5 heteroatoms. The second kappa shape index (κ2) is 6.88. The Balaban J connectivity index is 3.59. The topological polar surface area (TPSA) is 63.6 Å². The highest BCUT2D eigenvalue weighted by molar-refractivity contribution is 9.09. The fourth-order valence-electron chi connectivity index (χ4n) is 0.731. The second-order valence-electron chi connectivity index (χ2n) is 2.61. The SMILES string of the molecule is CCCCC(Br)OC(=O)CC(=O)O. The first-order valence-electron chi connectivity index (χ1n) is 4.11. The van der Waals surface area contributed by atoms with Gasteiger partial charge in [0.2, 0.25) is 0 Å². The molecule has 0 heterocycles. The molecule has 0 spiro atoms. The maximum absolute atomic E-state index is 10.8. The number of alkyl halides is 1. The van der Waals surface area contributed by atoms with Gasteiger partial charge in [-0.2, -0.15) is 0 Å². The van der Waals surface area contributed by atoms with E-state index in [4.69, 9.17) is 9.84 Å². The lowest BCUT2D eigenvalue weighted by atomic mass is 10.3. The van der Waals surface area contributed by atoms with Crippen LogP contribution in [-0.2, 0) is 14.3 Å². The van der Waals surface area contributed by atoms with Gasteiger partial charge in [0.05, 0.1) is 0 Å². The summed E-state index contributed by atoms with van der Waals surface area (Å²) in [7, 11) is 0. The summed E-state index contributed by atoms with van der Waals surface area (Å²) in [4.78, 5) is 20.9. The molecular weight excluding hydrogens is 240 g/mol. The second-order valence-corrected chi connectivity index (χ2v) is 3.63. The fraction of sp³-hybridized carbons (Fsp3) is 0.750. The number of hydrogen-bond donors (Lipinski definition) is 1. The Kier molecular flexibility index (Phi) is 6.58. The van der Waals surface area contributed by atoms with Crippen LogP contribution in [0.4, 0.5) is 0 Å². The van der Waals surface area contributed by atoms with Gasteiger partial charge >= 0.3 is 11.9 Å². The van der Waals surface area contributed by atoms with E-state index < -0.39 is 18.4 Å². The van der Waals surface area contributed by atoms with E-state index in [-0.39, 0.29) is 5.01 Å². The molecule has 0 fully saturated rings. The highest BCUT2D eigenvalue weighted by Gasteiger charge is 2.13. The van der Waals surface area contributed by atoms with E-state index in [0.29, 0.717) is 6.42 Å². The first-order chi connectivity index (χ1) is 6.06. The third kappa shape index (κ3) is 7.77. The summed E-state index contributed by atoms with van der Waals surface area (Å²) in [5.74, 6) is -1.87. The minimum absolute atomic E-state index is 0.362. The van der Waals surface area contributed by atoms with Crippen molar-refractivity contribution in [3.8, 4) is 0 Å². The molecule has 0 amide bonds. The molecule has 0 saturated heterocycles. The smallest absolute Gasteiger partial charge is 0.318 e. The Hall–Kier alpha value is -0.580. The van der Waals surface area contributed by atoms with Crippen LogP contribution in [0.1, 0.15) is 32.6 Å². The molecule has 76 valence electrons. The molecule has 0 saturated carbocycles. The molecule has 0 aromatic carbocycles. The number of unbranched alkanes of at least 4 members (excludes halogenated alkanes) is 1. The first kappa shape index (κ1) is 12.4. The molecule has 1 atom stereocenters. The van der Waals surface area contributed by atoms with Gasteiger partial charge in [0.25, 0.3) is 0 Å². The van der Waals surface area contributed by atoms with Crippen LogP contribution in [0.2, 0.25) is 0 Å². The minimum atomic E-state index is -1.17. The maximum Gasteiger partial charge on any atom is 0.318 e. The van der Waals surface area contributed by atoms with Crippen LogP contribution >= 0.6 is 15.9 Å². The average molecular weight is 253 g/mol. The van der Waals surface area contributed by atoms with Crippen LogP contribution in [-0.4, -0.2) is 22.1 Å². The molecule has 13 heavy (non-hydrogen) atoms. The van der Waals surface area contributed by atoms with Crippen molar-refractivity contribution in [2.24, 2.45) is 0 Å². The van der Waals surface area contributed by atoms with Crippen molar-refractivity contribution in [2.75, 3.05) is 0 Å². The molecule has 1 N–H and O–H groups in total. The van der Waals surface area contributed by atoms with Crippen LogP contribution in [0.3, 0.4) is 0 Å². The number of ether oxygens (including phenoxy) is 1. The maximum atomic E-state index is 10.8. The largest absolute Gasteiger partial charge is 0.481 e. The van der Waals surface area contributed by atoms with Crippen molar-refractivity contribution in [3.63, 3.8) is 0 Å². The zero-order valence-corrected chi connectivity index (χ0v) is 9.04. The molecule has 0 aliphatic carbocycles. The molecular formula is C8H13BrO4. The third-order valence-corrected chi connectivity index (χ3v) is 1.98. The predicted molar refractivity (Wildman–Crippen MR) is 50.6 cm³/mol. The summed E-state index contributed by atoms with van der Waals surface area (Å²) in [5, 5.41) is 7.89. The van der Waals surface area contributed by atoms with Gasteiger partial charge in [-0.3, -0.25) is 9.59 Å². The van der Waals surface area contributed by atoms with Gasteiger partial charge in [0.15, 0.2) is 5.01 Å². The summed E-state index contributed by atoms with van der Waals surface area (Å²) >= 11 is 3.13. The number of aliphatic carboxylic acids is 1. The van der Waals surface area contributed by atoms with Gasteiger partial charge in [0, 0.05) is 0 Å². The number of carboxylic acids is 1. The average Bonchev–Trinajstić information content (AvgIpc) is 1.98. The molecule has 0 bridgehead atoms. The number of rotatable bonds is 6. The van der Waals surface area contributed by atoms with E-state index in [1.54, 1.807) is 0 Å². The molecule has 4 nitrogen and oxygen atoms in total. The van der Waals surface area contributed by atoms with Gasteiger partial charge in [-0.05, 0) is 28.8 Å². The van der Waals surface area contributed by atoms with Crippen molar-refractivity contribution >= 4 is 27.9 Å². The Morgan fingerprint density at radius 3 is 2.62 bits per heavy atom. The van der Waals surface area contributed by atoms with Crippen molar-refractivity contribution in [3.05, 3.63) is 0 Å². The Morgan fingerprint density at radius 2 is 2.15 bits per heavy atom.